The van der Waals surface area contributed by atoms with Gasteiger partial charge in [-0.2, -0.15) is 4.99 Å². The number of anilines is 1. The third-order valence-corrected chi connectivity index (χ3v) is 4.30. The van der Waals surface area contributed by atoms with Gasteiger partial charge in [0.15, 0.2) is 0 Å². The Kier molecular flexibility index (Phi) is 3.49. The fraction of sp³-hybridized carbons (Fsp3) is 0.429. The molecule has 0 atom stereocenters. The van der Waals surface area contributed by atoms with Crippen LogP contribution in [-0.4, -0.2) is 17.6 Å². The molecule has 7 heteroatoms. The van der Waals surface area contributed by atoms with Gasteiger partial charge in [-0.05, 0) is 43.9 Å². The Morgan fingerprint density at radius 2 is 1.90 bits per heavy atom. The van der Waals surface area contributed by atoms with Crippen LogP contribution >= 0.6 is 11.6 Å². The summed E-state index contributed by atoms with van der Waals surface area (Å²) in [6.45, 7) is 0. The lowest BCUT2D eigenvalue weighted by molar-refractivity contribution is 0.305. The number of benzene rings is 1. The maximum atomic E-state index is 13.4. The second kappa shape index (κ2) is 5.18. The van der Waals surface area contributed by atoms with Crippen molar-refractivity contribution in [1.82, 2.24) is 0 Å². The topological polar surface area (TPSA) is 80.0 Å². The van der Waals surface area contributed by atoms with Crippen LogP contribution in [0.2, 0.25) is 5.02 Å². The fourth-order valence-electron chi connectivity index (χ4n) is 3.12. The summed E-state index contributed by atoms with van der Waals surface area (Å²) in [5.74, 6) is -0.000390. The zero-order chi connectivity index (χ0) is 15.0. The number of halogens is 2. The van der Waals surface area contributed by atoms with E-state index in [2.05, 4.69) is 9.98 Å². The van der Waals surface area contributed by atoms with Crippen molar-refractivity contribution in [2.75, 3.05) is 4.90 Å². The highest BCUT2D eigenvalue weighted by atomic mass is 35.5. The van der Waals surface area contributed by atoms with Gasteiger partial charge in [-0.25, -0.2) is 9.38 Å². The first-order chi connectivity index (χ1) is 10.0. The van der Waals surface area contributed by atoms with E-state index >= 15 is 0 Å². The van der Waals surface area contributed by atoms with E-state index in [0.717, 1.165) is 32.1 Å². The molecule has 112 valence electrons. The quantitative estimate of drug-likeness (QED) is 0.836. The molecular formula is C14H17ClFN5. The van der Waals surface area contributed by atoms with Gasteiger partial charge in [0, 0.05) is 5.69 Å². The maximum Gasteiger partial charge on any atom is 0.220 e. The smallest absolute Gasteiger partial charge is 0.220 e. The molecule has 3 rings (SSSR count). The average Bonchev–Trinajstić information content (AvgIpc) is 2.42. The van der Waals surface area contributed by atoms with E-state index in [9.17, 15) is 4.39 Å². The largest absolute Gasteiger partial charge is 0.369 e. The number of hydrogen-bond acceptors (Lipinski definition) is 5. The molecule has 0 saturated heterocycles. The van der Waals surface area contributed by atoms with Crippen LogP contribution in [0.1, 0.15) is 32.1 Å². The van der Waals surface area contributed by atoms with Crippen LogP contribution in [0.3, 0.4) is 0 Å². The van der Waals surface area contributed by atoms with E-state index < -0.39 is 11.5 Å². The molecule has 1 heterocycles. The summed E-state index contributed by atoms with van der Waals surface area (Å²) in [7, 11) is 0. The van der Waals surface area contributed by atoms with Gasteiger partial charge < -0.3 is 11.5 Å². The normalized spacial score (nSPS) is 21.1. The summed E-state index contributed by atoms with van der Waals surface area (Å²) in [4.78, 5) is 10.4. The summed E-state index contributed by atoms with van der Waals surface area (Å²) < 4.78 is 13.4. The summed E-state index contributed by atoms with van der Waals surface area (Å²) in [5, 5.41) is 0.0498. The highest BCUT2D eigenvalue weighted by molar-refractivity contribution is 6.31. The van der Waals surface area contributed by atoms with Crippen LogP contribution in [0.15, 0.2) is 28.2 Å². The van der Waals surface area contributed by atoms with E-state index in [1.807, 2.05) is 4.90 Å². The molecule has 0 aromatic heterocycles. The van der Waals surface area contributed by atoms with E-state index in [1.165, 1.54) is 6.07 Å². The molecule has 1 aromatic carbocycles. The van der Waals surface area contributed by atoms with Crippen molar-refractivity contribution in [3.8, 4) is 0 Å². The van der Waals surface area contributed by atoms with Crippen LogP contribution in [0, 0.1) is 5.82 Å². The highest BCUT2D eigenvalue weighted by Crippen LogP contribution is 2.40. The number of aliphatic imine (C=N–C) groups is 2. The van der Waals surface area contributed by atoms with E-state index in [4.69, 9.17) is 23.1 Å². The molecule has 1 aliphatic heterocycles. The van der Waals surface area contributed by atoms with Crippen molar-refractivity contribution >= 4 is 29.2 Å². The average molecular weight is 310 g/mol. The Labute approximate surface area is 127 Å². The highest BCUT2D eigenvalue weighted by Gasteiger charge is 2.42. The lowest BCUT2D eigenvalue weighted by atomic mass is 9.87. The van der Waals surface area contributed by atoms with Gasteiger partial charge in [-0.15, -0.1) is 0 Å². The van der Waals surface area contributed by atoms with Gasteiger partial charge in [0.2, 0.25) is 11.9 Å². The van der Waals surface area contributed by atoms with Gasteiger partial charge in [-0.3, -0.25) is 4.90 Å². The summed E-state index contributed by atoms with van der Waals surface area (Å²) >= 11 is 5.89. The van der Waals surface area contributed by atoms with Gasteiger partial charge in [0.05, 0.1) is 5.02 Å². The maximum absolute atomic E-state index is 13.4. The van der Waals surface area contributed by atoms with Crippen LogP contribution in [0.25, 0.3) is 0 Å². The molecule has 1 saturated carbocycles. The Bertz CT molecular complexity index is 622. The minimum Gasteiger partial charge on any atom is -0.369 e. The van der Waals surface area contributed by atoms with E-state index in [-0.39, 0.29) is 16.9 Å². The minimum atomic E-state index is -0.532. The molecule has 2 aliphatic rings. The van der Waals surface area contributed by atoms with Crippen molar-refractivity contribution in [3.63, 3.8) is 0 Å². The molecule has 1 fully saturated rings. The van der Waals surface area contributed by atoms with E-state index in [0.29, 0.717) is 5.69 Å². The predicted molar refractivity (Wildman–Crippen MR) is 82.9 cm³/mol. The Hall–Kier alpha value is -1.82. The van der Waals surface area contributed by atoms with Gasteiger partial charge >= 0.3 is 0 Å². The number of nitrogens with two attached hydrogens (primary N) is 2. The Morgan fingerprint density at radius 1 is 1.19 bits per heavy atom. The number of rotatable bonds is 1. The first-order valence-corrected chi connectivity index (χ1v) is 7.34. The molecule has 0 radical (unpaired) electrons. The van der Waals surface area contributed by atoms with Crippen molar-refractivity contribution in [2.45, 2.75) is 37.8 Å². The summed E-state index contributed by atoms with van der Waals surface area (Å²) in [5.41, 5.74) is 12.0. The second-order valence-electron chi connectivity index (χ2n) is 5.42. The van der Waals surface area contributed by atoms with Gasteiger partial charge in [0.1, 0.15) is 11.5 Å². The summed E-state index contributed by atoms with van der Waals surface area (Å²) in [6.07, 6.45) is 4.90. The van der Waals surface area contributed by atoms with Crippen LogP contribution < -0.4 is 16.4 Å². The van der Waals surface area contributed by atoms with Crippen LogP contribution in [-0.2, 0) is 0 Å². The van der Waals surface area contributed by atoms with Crippen molar-refractivity contribution in [2.24, 2.45) is 21.5 Å². The third-order valence-electron chi connectivity index (χ3n) is 4.01. The monoisotopic (exact) mass is 309 g/mol. The number of guanidine groups is 2. The van der Waals surface area contributed by atoms with Crippen LogP contribution in [0.4, 0.5) is 10.1 Å². The summed E-state index contributed by atoms with van der Waals surface area (Å²) in [6, 6.07) is 4.51. The molecule has 1 spiro atoms. The van der Waals surface area contributed by atoms with Crippen molar-refractivity contribution in [3.05, 3.63) is 29.0 Å². The van der Waals surface area contributed by atoms with Gasteiger partial charge in [0.25, 0.3) is 0 Å². The SMILES string of the molecule is NC1=NC2(CCCCC2)N(c2ccc(F)c(Cl)c2)C(N)=N1. The number of hydrogen-bond donors (Lipinski definition) is 2. The fourth-order valence-corrected chi connectivity index (χ4v) is 3.29. The predicted octanol–water partition coefficient (Wildman–Crippen LogP) is 2.59. The molecule has 21 heavy (non-hydrogen) atoms. The first kappa shape index (κ1) is 14.1. The molecular weight excluding hydrogens is 293 g/mol. The number of nitrogens with zero attached hydrogens (tertiary/aromatic N) is 3. The zero-order valence-corrected chi connectivity index (χ0v) is 12.3. The zero-order valence-electron chi connectivity index (χ0n) is 11.5. The lowest BCUT2D eigenvalue weighted by Crippen LogP contribution is -2.58. The van der Waals surface area contributed by atoms with Crippen molar-refractivity contribution in [1.29, 1.82) is 0 Å². The molecule has 0 bridgehead atoms. The van der Waals surface area contributed by atoms with E-state index in [1.54, 1.807) is 12.1 Å². The standard InChI is InChI=1S/C14H17ClFN5/c15-10-8-9(4-5-11(10)16)21-13(18)19-12(17)20-14(21)6-2-1-3-7-14/h4-5,8H,1-3,6-7H2,(H4,17,18,19,20). The van der Waals surface area contributed by atoms with Crippen LogP contribution in [0.5, 0.6) is 0 Å². The van der Waals surface area contributed by atoms with Crippen molar-refractivity contribution < 1.29 is 4.39 Å². The molecule has 4 N–H and O–H groups in total. The first-order valence-electron chi connectivity index (χ1n) is 6.97. The molecule has 1 aromatic rings. The molecule has 1 aliphatic carbocycles. The second-order valence-corrected chi connectivity index (χ2v) is 5.82. The molecule has 0 unspecified atom stereocenters. The third kappa shape index (κ3) is 2.44. The minimum absolute atomic E-state index is 0.0498. The lowest BCUT2D eigenvalue weighted by Gasteiger charge is -2.45. The van der Waals surface area contributed by atoms with Gasteiger partial charge in [-0.1, -0.05) is 18.0 Å². The Balaban J connectivity index is 2.08. The molecule has 5 nitrogen and oxygen atoms in total. The molecule has 0 amide bonds. The Morgan fingerprint density at radius 3 is 2.57 bits per heavy atom.